The van der Waals surface area contributed by atoms with Crippen LogP contribution in [0.5, 0.6) is 11.5 Å². The van der Waals surface area contributed by atoms with Gasteiger partial charge in [-0.15, -0.1) is 0 Å². The Morgan fingerprint density at radius 3 is 2.67 bits per heavy atom. The molecule has 1 aliphatic carbocycles. The summed E-state index contributed by atoms with van der Waals surface area (Å²) in [5.41, 5.74) is 1.04. The van der Waals surface area contributed by atoms with E-state index in [1.807, 2.05) is 13.0 Å². The van der Waals surface area contributed by atoms with Gasteiger partial charge in [0.15, 0.2) is 0 Å². The van der Waals surface area contributed by atoms with Gasteiger partial charge in [-0.1, -0.05) is 12.8 Å². The minimum atomic E-state index is 0.288. The van der Waals surface area contributed by atoms with Gasteiger partial charge in [-0.3, -0.25) is 0 Å². The van der Waals surface area contributed by atoms with E-state index in [9.17, 15) is 5.11 Å². The average Bonchev–Trinajstić information content (AvgIpc) is 2.65. The lowest BCUT2D eigenvalue weighted by Gasteiger charge is -2.11. The topological polar surface area (TPSA) is 29.5 Å². The minimum Gasteiger partial charge on any atom is -0.508 e. The Balaban J connectivity index is 1.92. The lowest BCUT2D eigenvalue weighted by molar-refractivity contribution is 0.251. The van der Waals surface area contributed by atoms with Gasteiger partial charge >= 0.3 is 0 Å². The van der Waals surface area contributed by atoms with E-state index in [4.69, 9.17) is 4.74 Å². The summed E-state index contributed by atoms with van der Waals surface area (Å²) < 4.78 is 5.69. The maximum absolute atomic E-state index is 9.41. The van der Waals surface area contributed by atoms with Crippen molar-refractivity contribution >= 4 is 0 Å². The number of aromatic hydroxyl groups is 1. The van der Waals surface area contributed by atoms with Gasteiger partial charge in [-0.05, 0) is 43.4 Å². The van der Waals surface area contributed by atoms with Crippen LogP contribution in [0.4, 0.5) is 0 Å². The van der Waals surface area contributed by atoms with Crippen LogP contribution in [0.15, 0.2) is 18.2 Å². The summed E-state index contributed by atoms with van der Waals surface area (Å²) in [6.45, 7) is 2.76. The van der Waals surface area contributed by atoms with Gasteiger partial charge in [0.05, 0.1) is 6.61 Å². The van der Waals surface area contributed by atoms with Crippen molar-refractivity contribution in [3.63, 3.8) is 0 Å². The second kappa shape index (κ2) is 4.56. The number of phenols is 1. The molecule has 0 radical (unpaired) electrons. The molecule has 15 heavy (non-hydrogen) atoms. The fourth-order valence-electron chi connectivity index (χ4n) is 2.20. The van der Waals surface area contributed by atoms with Crippen LogP contribution in [-0.4, -0.2) is 11.7 Å². The number of phenolic OH excluding ortho intramolecular Hbond substituents is 1. The fourth-order valence-corrected chi connectivity index (χ4v) is 2.20. The highest BCUT2D eigenvalue weighted by molar-refractivity contribution is 5.36. The molecule has 0 unspecified atom stereocenters. The molecule has 1 N–H and O–H groups in total. The molecular formula is C13H18O2. The highest BCUT2D eigenvalue weighted by Crippen LogP contribution is 2.27. The number of ether oxygens (including phenoxy) is 1. The van der Waals surface area contributed by atoms with Crippen LogP contribution in [0.2, 0.25) is 0 Å². The van der Waals surface area contributed by atoms with E-state index in [1.165, 1.54) is 25.7 Å². The van der Waals surface area contributed by atoms with Gasteiger partial charge in [-0.25, -0.2) is 0 Å². The summed E-state index contributed by atoms with van der Waals surface area (Å²) in [5.74, 6) is 1.79. The first kappa shape index (κ1) is 10.3. The van der Waals surface area contributed by atoms with Crippen LogP contribution in [0.3, 0.4) is 0 Å². The lowest BCUT2D eigenvalue weighted by atomic mass is 10.1. The highest BCUT2D eigenvalue weighted by Gasteiger charge is 2.15. The van der Waals surface area contributed by atoms with Gasteiger partial charge < -0.3 is 9.84 Å². The van der Waals surface area contributed by atoms with E-state index >= 15 is 0 Å². The largest absolute Gasteiger partial charge is 0.508 e. The van der Waals surface area contributed by atoms with Crippen LogP contribution in [0.25, 0.3) is 0 Å². The Bertz CT molecular complexity index is 307. The van der Waals surface area contributed by atoms with Gasteiger partial charge in [-0.2, -0.15) is 0 Å². The molecule has 1 aromatic rings. The summed E-state index contributed by atoms with van der Waals surface area (Å²) in [6.07, 6.45) is 5.26. The van der Waals surface area contributed by atoms with Crippen molar-refractivity contribution in [2.75, 3.05) is 6.61 Å². The van der Waals surface area contributed by atoms with Gasteiger partial charge in [0, 0.05) is 6.07 Å². The van der Waals surface area contributed by atoms with E-state index < -0.39 is 0 Å². The number of rotatable bonds is 3. The molecule has 0 saturated heterocycles. The number of hydrogen-bond donors (Lipinski definition) is 1. The molecule has 0 amide bonds. The van der Waals surface area contributed by atoms with Crippen LogP contribution in [0.1, 0.15) is 31.2 Å². The maximum atomic E-state index is 9.41. The second-order valence-electron chi connectivity index (χ2n) is 4.47. The van der Waals surface area contributed by atoms with Crippen LogP contribution < -0.4 is 4.74 Å². The normalized spacial score (nSPS) is 16.9. The molecule has 0 aliphatic heterocycles. The summed E-state index contributed by atoms with van der Waals surface area (Å²) >= 11 is 0. The van der Waals surface area contributed by atoms with Crippen LogP contribution >= 0.6 is 0 Å². The van der Waals surface area contributed by atoms with Crippen LogP contribution in [0, 0.1) is 12.8 Å². The Labute approximate surface area is 90.9 Å². The quantitative estimate of drug-likeness (QED) is 0.822. The zero-order chi connectivity index (χ0) is 10.7. The van der Waals surface area contributed by atoms with Gasteiger partial charge in [0.2, 0.25) is 0 Å². The Kier molecular flexibility index (Phi) is 3.14. The van der Waals surface area contributed by atoms with Crippen molar-refractivity contribution in [1.82, 2.24) is 0 Å². The summed E-state index contributed by atoms with van der Waals surface area (Å²) in [5, 5.41) is 9.41. The van der Waals surface area contributed by atoms with Crippen molar-refractivity contribution in [3.05, 3.63) is 23.8 Å². The Morgan fingerprint density at radius 2 is 2.00 bits per heavy atom. The molecule has 0 heterocycles. The van der Waals surface area contributed by atoms with Crippen molar-refractivity contribution < 1.29 is 9.84 Å². The predicted octanol–water partition coefficient (Wildman–Crippen LogP) is 3.27. The summed E-state index contributed by atoms with van der Waals surface area (Å²) in [6, 6.07) is 5.39. The molecule has 1 fully saturated rings. The first-order valence-electron chi connectivity index (χ1n) is 5.67. The molecule has 2 nitrogen and oxygen atoms in total. The molecule has 2 heteroatoms. The third-order valence-electron chi connectivity index (χ3n) is 3.00. The second-order valence-corrected chi connectivity index (χ2v) is 4.47. The summed E-state index contributed by atoms with van der Waals surface area (Å²) in [4.78, 5) is 0. The molecular weight excluding hydrogens is 188 g/mol. The fraction of sp³-hybridized carbons (Fsp3) is 0.538. The number of benzene rings is 1. The predicted molar refractivity (Wildman–Crippen MR) is 60.3 cm³/mol. The smallest absolute Gasteiger partial charge is 0.123 e. The van der Waals surface area contributed by atoms with Gasteiger partial charge in [0.25, 0.3) is 0 Å². The van der Waals surface area contributed by atoms with E-state index in [1.54, 1.807) is 12.1 Å². The molecule has 1 aliphatic rings. The van der Waals surface area contributed by atoms with Crippen molar-refractivity contribution in [2.24, 2.45) is 5.92 Å². The zero-order valence-corrected chi connectivity index (χ0v) is 9.20. The highest BCUT2D eigenvalue weighted by atomic mass is 16.5. The third-order valence-corrected chi connectivity index (χ3v) is 3.00. The Morgan fingerprint density at radius 1 is 1.27 bits per heavy atom. The first-order chi connectivity index (χ1) is 7.24. The molecule has 82 valence electrons. The summed E-state index contributed by atoms with van der Waals surface area (Å²) in [7, 11) is 0. The van der Waals surface area contributed by atoms with Crippen molar-refractivity contribution in [1.29, 1.82) is 0 Å². The molecule has 1 saturated carbocycles. The monoisotopic (exact) mass is 206 g/mol. The average molecular weight is 206 g/mol. The molecule has 0 atom stereocenters. The standard InChI is InChI=1S/C13H18O2/c1-10-6-12(14)8-13(7-10)15-9-11-4-2-3-5-11/h6-8,11,14H,2-5,9H2,1H3. The first-order valence-corrected chi connectivity index (χ1v) is 5.67. The van der Waals surface area contributed by atoms with Crippen LogP contribution in [-0.2, 0) is 0 Å². The van der Waals surface area contributed by atoms with Gasteiger partial charge in [0.1, 0.15) is 11.5 Å². The lowest BCUT2D eigenvalue weighted by Crippen LogP contribution is -2.07. The van der Waals surface area contributed by atoms with E-state index in [0.29, 0.717) is 5.92 Å². The van der Waals surface area contributed by atoms with Crippen molar-refractivity contribution in [3.8, 4) is 11.5 Å². The minimum absolute atomic E-state index is 0.288. The van der Waals surface area contributed by atoms with Crippen molar-refractivity contribution in [2.45, 2.75) is 32.6 Å². The van der Waals surface area contributed by atoms with E-state index in [2.05, 4.69) is 0 Å². The van der Waals surface area contributed by atoms with E-state index in [-0.39, 0.29) is 5.75 Å². The zero-order valence-electron chi connectivity index (χ0n) is 9.20. The number of aryl methyl sites for hydroxylation is 1. The molecule has 0 aromatic heterocycles. The molecule has 0 spiro atoms. The molecule has 2 rings (SSSR count). The maximum Gasteiger partial charge on any atom is 0.123 e. The van der Waals surface area contributed by atoms with E-state index in [0.717, 1.165) is 17.9 Å². The molecule has 0 bridgehead atoms. The SMILES string of the molecule is Cc1cc(O)cc(OCC2CCCC2)c1. The number of hydrogen-bond acceptors (Lipinski definition) is 2. The Hall–Kier alpha value is -1.18. The third kappa shape index (κ3) is 2.88. The molecule has 1 aromatic carbocycles.